The van der Waals surface area contributed by atoms with Crippen LogP contribution in [0.4, 0.5) is 4.79 Å². The smallest absolute Gasteiger partial charge is 0.317 e. The number of amides is 2. The largest absolute Gasteiger partial charge is 0.481 e. The zero-order valence-electron chi connectivity index (χ0n) is 11.5. The van der Waals surface area contributed by atoms with Crippen LogP contribution >= 0.6 is 0 Å². The number of carboxylic acid groups (broad SMARTS) is 1. The second-order valence-electron chi connectivity index (χ2n) is 5.89. The highest BCUT2D eigenvalue weighted by atomic mass is 16.5. The highest BCUT2D eigenvalue weighted by Crippen LogP contribution is 2.25. The van der Waals surface area contributed by atoms with Crippen molar-refractivity contribution in [3.63, 3.8) is 0 Å². The number of likely N-dealkylation sites (tertiary alicyclic amines) is 1. The van der Waals surface area contributed by atoms with Crippen molar-refractivity contribution in [3.8, 4) is 0 Å². The predicted octanol–water partition coefficient (Wildman–Crippen LogP) is 0.918. The first-order valence-electron chi connectivity index (χ1n) is 6.81. The van der Waals surface area contributed by atoms with Crippen LogP contribution in [-0.2, 0) is 9.53 Å². The lowest BCUT2D eigenvalue weighted by Gasteiger charge is -2.25. The highest BCUT2D eigenvalue weighted by molar-refractivity contribution is 5.77. The van der Waals surface area contributed by atoms with Crippen LogP contribution in [0.25, 0.3) is 0 Å². The predicted molar refractivity (Wildman–Crippen MR) is 68.9 cm³/mol. The van der Waals surface area contributed by atoms with Crippen molar-refractivity contribution in [2.75, 3.05) is 26.2 Å². The summed E-state index contributed by atoms with van der Waals surface area (Å²) in [6.07, 6.45) is 1.97. The van der Waals surface area contributed by atoms with Gasteiger partial charge in [-0.05, 0) is 25.7 Å². The first kappa shape index (κ1) is 14.1. The Balaban J connectivity index is 1.82. The van der Waals surface area contributed by atoms with Crippen LogP contribution in [0.1, 0.15) is 26.7 Å². The number of urea groups is 1. The van der Waals surface area contributed by atoms with Crippen molar-refractivity contribution >= 4 is 12.0 Å². The number of rotatable bonds is 3. The topological polar surface area (TPSA) is 78.9 Å². The molecule has 2 fully saturated rings. The van der Waals surface area contributed by atoms with Crippen LogP contribution in [-0.4, -0.2) is 53.8 Å². The molecule has 2 amide bonds. The molecule has 0 aromatic rings. The first-order valence-corrected chi connectivity index (χ1v) is 6.81. The summed E-state index contributed by atoms with van der Waals surface area (Å²) in [5.41, 5.74) is -0.271. The Kier molecular flexibility index (Phi) is 3.99. The molecule has 2 rings (SSSR count). The van der Waals surface area contributed by atoms with Gasteiger partial charge in [0.1, 0.15) is 0 Å². The third-order valence-electron chi connectivity index (χ3n) is 4.13. The summed E-state index contributed by atoms with van der Waals surface area (Å²) in [5, 5.41) is 11.9. The molecule has 0 aliphatic carbocycles. The van der Waals surface area contributed by atoms with E-state index in [-0.39, 0.29) is 17.6 Å². The summed E-state index contributed by atoms with van der Waals surface area (Å²) in [6.45, 7) is 5.88. The Morgan fingerprint density at radius 1 is 1.47 bits per heavy atom. The molecule has 2 aliphatic rings. The molecule has 0 radical (unpaired) electrons. The SMILES string of the molecule is CC1CN(C(=O)NCC2(C)CCCO2)CC1C(=O)O. The average Bonchev–Trinajstić information content (AvgIpc) is 2.93. The minimum atomic E-state index is -0.825. The van der Waals surface area contributed by atoms with Gasteiger partial charge in [-0.1, -0.05) is 6.92 Å². The van der Waals surface area contributed by atoms with Crippen molar-refractivity contribution in [1.82, 2.24) is 10.2 Å². The van der Waals surface area contributed by atoms with Crippen molar-refractivity contribution in [3.05, 3.63) is 0 Å². The molecule has 0 aromatic carbocycles. The molecule has 19 heavy (non-hydrogen) atoms. The Morgan fingerprint density at radius 2 is 2.21 bits per heavy atom. The number of carboxylic acids is 1. The Labute approximate surface area is 113 Å². The van der Waals surface area contributed by atoms with E-state index in [2.05, 4.69) is 5.32 Å². The summed E-state index contributed by atoms with van der Waals surface area (Å²) in [4.78, 5) is 24.6. The van der Waals surface area contributed by atoms with Crippen LogP contribution in [0.15, 0.2) is 0 Å². The lowest BCUT2D eigenvalue weighted by Crippen LogP contribution is -2.46. The molecule has 3 atom stereocenters. The second-order valence-corrected chi connectivity index (χ2v) is 5.89. The molecule has 2 N–H and O–H groups in total. The van der Waals surface area contributed by atoms with E-state index in [9.17, 15) is 9.59 Å². The number of nitrogens with one attached hydrogen (secondary N) is 1. The van der Waals surface area contributed by atoms with Gasteiger partial charge in [0.25, 0.3) is 0 Å². The minimum Gasteiger partial charge on any atom is -0.481 e. The molecule has 0 aromatic heterocycles. The number of nitrogens with zero attached hydrogens (tertiary/aromatic N) is 1. The van der Waals surface area contributed by atoms with Gasteiger partial charge in [-0.2, -0.15) is 0 Å². The van der Waals surface area contributed by atoms with Gasteiger partial charge in [0.15, 0.2) is 0 Å². The molecule has 2 heterocycles. The fourth-order valence-electron chi connectivity index (χ4n) is 2.80. The van der Waals surface area contributed by atoms with Gasteiger partial charge in [-0.15, -0.1) is 0 Å². The van der Waals surface area contributed by atoms with Crippen LogP contribution in [0.3, 0.4) is 0 Å². The van der Waals surface area contributed by atoms with Gasteiger partial charge in [-0.25, -0.2) is 4.79 Å². The highest BCUT2D eigenvalue weighted by Gasteiger charge is 2.38. The number of ether oxygens (including phenoxy) is 1. The van der Waals surface area contributed by atoms with E-state index in [1.807, 2.05) is 13.8 Å². The summed E-state index contributed by atoms with van der Waals surface area (Å²) >= 11 is 0. The van der Waals surface area contributed by atoms with Gasteiger partial charge in [0.2, 0.25) is 0 Å². The van der Waals surface area contributed by atoms with Crippen LogP contribution in [0.2, 0.25) is 0 Å². The van der Waals surface area contributed by atoms with Crippen molar-refractivity contribution < 1.29 is 19.4 Å². The first-order chi connectivity index (χ1) is 8.91. The molecule has 6 heteroatoms. The van der Waals surface area contributed by atoms with Crippen LogP contribution < -0.4 is 5.32 Å². The van der Waals surface area contributed by atoms with Crippen LogP contribution in [0, 0.1) is 11.8 Å². The van der Waals surface area contributed by atoms with Gasteiger partial charge in [-0.3, -0.25) is 4.79 Å². The summed E-state index contributed by atoms with van der Waals surface area (Å²) < 4.78 is 5.61. The summed E-state index contributed by atoms with van der Waals surface area (Å²) in [6, 6.07) is -0.188. The van der Waals surface area contributed by atoms with Crippen molar-refractivity contribution in [2.45, 2.75) is 32.3 Å². The fourth-order valence-corrected chi connectivity index (χ4v) is 2.80. The third-order valence-corrected chi connectivity index (χ3v) is 4.13. The maximum absolute atomic E-state index is 12.0. The molecule has 0 spiro atoms. The average molecular weight is 270 g/mol. The van der Waals surface area contributed by atoms with Gasteiger partial charge >= 0.3 is 12.0 Å². The molecule has 2 aliphatic heterocycles. The van der Waals surface area contributed by atoms with Gasteiger partial charge < -0.3 is 20.1 Å². The monoisotopic (exact) mass is 270 g/mol. The third kappa shape index (κ3) is 3.18. The number of carbonyl (C=O) groups excluding carboxylic acids is 1. The lowest BCUT2D eigenvalue weighted by atomic mass is 9.99. The lowest BCUT2D eigenvalue weighted by molar-refractivity contribution is -0.142. The maximum Gasteiger partial charge on any atom is 0.317 e. The molecular weight excluding hydrogens is 248 g/mol. The van der Waals surface area contributed by atoms with E-state index in [0.29, 0.717) is 19.6 Å². The fraction of sp³-hybridized carbons (Fsp3) is 0.846. The van der Waals surface area contributed by atoms with E-state index < -0.39 is 11.9 Å². The van der Waals surface area contributed by atoms with E-state index >= 15 is 0 Å². The van der Waals surface area contributed by atoms with E-state index in [0.717, 1.165) is 19.4 Å². The zero-order chi connectivity index (χ0) is 14.0. The molecule has 2 saturated heterocycles. The number of hydrogen-bond donors (Lipinski definition) is 2. The number of aliphatic carboxylic acids is 1. The zero-order valence-corrected chi connectivity index (χ0v) is 11.5. The normalized spacial score (nSPS) is 34.5. The molecule has 0 saturated carbocycles. The number of hydrogen-bond acceptors (Lipinski definition) is 3. The Bertz CT molecular complexity index is 366. The Hall–Kier alpha value is -1.30. The van der Waals surface area contributed by atoms with Crippen molar-refractivity contribution in [2.24, 2.45) is 11.8 Å². The molecule has 6 nitrogen and oxygen atoms in total. The quantitative estimate of drug-likeness (QED) is 0.799. The molecule has 108 valence electrons. The summed E-state index contributed by atoms with van der Waals surface area (Å²) in [5.74, 6) is -1.28. The molecule has 3 unspecified atom stereocenters. The van der Waals surface area contributed by atoms with E-state index in [1.165, 1.54) is 0 Å². The van der Waals surface area contributed by atoms with E-state index in [1.54, 1.807) is 4.90 Å². The standard InChI is InChI=1S/C13H22N2O4/c1-9-6-15(7-10(9)11(16)17)12(18)14-8-13(2)4-3-5-19-13/h9-10H,3-8H2,1-2H3,(H,14,18)(H,16,17). The van der Waals surface area contributed by atoms with Gasteiger partial charge in [0, 0.05) is 26.2 Å². The second kappa shape index (κ2) is 5.36. The minimum absolute atomic E-state index is 0.00145. The molecular formula is C13H22N2O4. The van der Waals surface area contributed by atoms with Crippen LogP contribution in [0.5, 0.6) is 0 Å². The Morgan fingerprint density at radius 3 is 2.74 bits per heavy atom. The van der Waals surface area contributed by atoms with Gasteiger partial charge in [0.05, 0.1) is 11.5 Å². The van der Waals surface area contributed by atoms with Crippen molar-refractivity contribution in [1.29, 1.82) is 0 Å². The maximum atomic E-state index is 12.0. The molecule has 0 bridgehead atoms. The summed E-state index contributed by atoms with van der Waals surface area (Å²) in [7, 11) is 0. The van der Waals surface area contributed by atoms with E-state index in [4.69, 9.17) is 9.84 Å². The number of carbonyl (C=O) groups is 2.